The molecule has 0 aliphatic rings. The molecule has 6 nitrogen and oxygen atoms in total. The zero-order valence-corrected chi connectivity index (χ0v) is 12.5. The predicted octanol–water partition coefficient (Wildman–Crippen LogP) is 4.16. The van der Waals surface area contributed by atoms with Gasteiger partial charge in [-0.2, -0.15) is 0 Å². The zero-order chi connectivity index (χ0) is 15.6. The average molecular weight is 352 g/mol. The molecule has 21 heavy (non-hydrogen) atoms. The van der Waals surface area contributed by atoms with Crippen LogP contribution >= 0.6 is 15.9 Å². The van der Waals surface area contributed by atoms with Crippen LogP contribution in [0.25, 0.3) is 0 Å². The van der Waals surface area contributed by atoms with Crippen LogP contribution in [-0.4, -0.2) is 16.0 Å². The van der Waals surface area contributed by atoms with Crippen LogP contribution in [0.4, 0.5) is 5.69 Å². The molecule has 2 aromatic rings. The first-order valence-corrected chi connectivity index (χ1v) is 6.63. The maximum Gasteiger partial charge on any atom is 0.342 e. The van der Waals surface area contributed by atoms with Crippen LogP contribution in [0.5, 0.6) is 11.5 Å². The highest BCUT2D eigenvalue weighted by atomic mass is 79.9. The first kappa shape index (κ1) is 15.0. The minimum absolute atomic E-state index is 0.202. The highest BCUT2D eigenvalue weighted by molar-refractivity contribution is 9.10. The molecule has 0 saturated heterocycles. The molecule has 0 aliphatic heterocycles. The van der Waals surface area contributed by atoms with Gasteiger partial charge in [-0.1, -0.05) is 22.0 Å². The fraction of sp³-hybridized carbons (Fsp3) is 0.0714. The number of carboxylic acid groups (broad SMARTS) is 1. The first-order valence-electron chi connectivity index (χ1n) is 5.84. The Morgan fingerprint density at radius 3 is 2.62 bits per heavy atom. The van der Waals surface area contributed by atoms with E-state index in [4.69, 9.17) is 9.84 Å². The summed E-state index contributed by atoms with van der Waals surface area (Å²) in [4.78, 5) is 21.1. The number of nitro groups is 1. The van der Waals surface area contributed by atoms with Gasteiger partial charge in [-0.05, 0) is 36.8 Å². The molecule has 7 heteroatoms. The summed E-state index contributed by atoms with van der Waals surface area (Å²) in [5, 5.41) is 19.9. The molecule has 108 valence electrons. The molecule has 0 bridgehead atoms. The van der Waals surface area contributed by atoms with Crippen LogP contribution in [0.3, 0.4) is 0 Å². The maximum atomic E-state index is 10.9. The molecule has 0 fully saturated rings. The summed E-state index contributed by atoms with van der Waals surface area (Å²) < 4.78 is 6.39. The topological polar surface area (TPSA) is 89.7 Å². The molecule has 2 aromatic carbocycles. The number of halogens is 1. The monoisotopic (exact) mass is 351 g/mol. The van der Waals surface area contributed by atoms with Crippen molar-refractivity contribution in [2.45, 2.75) is 6.92 Å². The minimum atomic E-state index is -1.35. The van der Waals surface area contributed by atoms with Crippen molar-refractivity contribution < 1.29 is 19.6 Å². The van der Waals surface area contributed by atoms with Crippen molar-refractivity contribution in [2.24, 2.45) is 0 Å². The highest BCUT2D eigenvalue weighted by Gasteiger charge is 2.20. The molecule has 0 spiro atoms. The van der Waals surface area contributed by atoms with E-state index in [-0.39, 0.29) is 11.3 Å². The van der Waals surface area contributed by atoms with Gasteiger partial charge in [0.1, 0.15) is 17.1 Å². The standard InChI is InChI=1S/C14H10BrNO5/c1-8-2-3-9(15)6-13(8)21-10-4-5-11(14(17)18)12(7-10)16(19)20/h2-7H,1H3,(H,17,18). The number of hydrogen-bond donors (Lipinski definition) is 1. The van der Waals surface area contributed by atoms with Gasteiger partial charge in [-0.3, -0.25) is 10.1 Å². The van der Waals surface area contributed by atoms with Crippen LogP contribution in [0, 0.1) is 17.0 Å². The summed E-state index contributed by atoms with van der Waals surface area (Å²) >= 11 is 3.31. The van der Waals surface area contributed by atoms with Crippen molar-refractivity contribution in [3.8, 4) is 11.5 Å². The fourth-order valence-corrected chi connectivity index (χ4v) is 2.06. The lowest BCUT2D eigenvalue weighted by Gasteiger charge is -2.09. The van der Waals surface area contributed by atoms with Crippen molar-refractivity contribution in [1.82, 2.24) is 0 Å². The van der Waals surface area contributed by atoms with E-state index < -0.39 is 16.6 Å². The molecule has 0 radical (unpaired) electrons. The van der Waals surface area contributed by atoms with E-state index in [9.17, 15) is 14.9 Å². The molecule has 1 N–H and O–H groups in total. The number of carboxylic acids is 1. The van der Waals surface area contributed by atoms with Gasteiger partial charge in [0.2, 0.25) is 0 Å². The molecule has 0 heterocycles. The van der Waals surface area contributed by atoms with Gasteiger partial charge in [0.05, 0.1) is 11.0 Å². The Hall–Kier alpha value is -2.41. The number of aryl methyl sites for hydroxylation is 1. The van der Waals surface area contributed by atoms with Gasteiger partial charge in [0.15, 0.2) is 0 Å². The Balaban J connectivity index is 2.41. The summed E-state index contributed by atoms with van der Waals surface area (Å²) in [5.74, 6) is -0.624. The third-order valence-corrected chi connectivity index (χ3v) is 3.27. The van der Waals surface area contributed by atoms with E-state index in [0.29, 0.717) is 5.75 Å². The second-order valence-electron chi connectivity index (χ2n) is 4.25. The lowest BCUT2D eigenvalue weighted by Crippen LogP contribution is -2.02. The van der Waals surface area contributed by atoms with E-state index >= 15 is 0 Å². The largest absolute Gasteiger partial charge is 0.477 e. The van der Waals surface area contributed by atoms with Gasteiger partial charge < -0.3 is 9.84 Å². The minimum Gasteiger partial charge on any atom is -0.477 e. The second-order valence-corrected chi connectivity index (χ2v) is 5.17. The molecular formula is C14H10BrNO5. The van der Waals surface area contributed by atoms with E-state index in [1.165, 1.54) is 6.07 Å². The quantitative estimate of drug-likeness (QED) is 0.659. The predicted molar refractivity (Wildman–Crippen MR) is 79.0 cm³/mol. The van der Waals surface area contributed by atoms with Crippen LogP contribution in [0.1, 0.15) is 15.9 Å². The number of rotatable bonds is 4. The van der Waals surface area contributed by atoms with Gasteiger partial charge >= 0.3 is 5.97 Å². The van der Waals surface area contributed by atoms with Crippen LogP contribution in [0.15, 0.2) is 40.9 Å². The Morgan fingerprint density at radius 2 is 2.00 bits per heavy atom. The molecule has 0 saturated carbocycles. The third-order valence-electron chi connectivity index (χ3n) is 2.77. The first-order chi connectivity index (χ1) is 9.88. The van der Waals surface area contributed by atoms with Gasteiger partial charge in [-0.15, -0.1) is 0 Å². The van der Waals surface area contributed by atoms with Crippen LogP contribution < -0.4 is 4.74 Å². The van der Waals surface area contributed by atoms with Crippen molar-refractivity contribution >= 4 is 27.6 Å². The van der Waals surface area contributed by atoms with Crippen molar-refractivity contribution in [3.05, 3.63) is 62.1 Å². The number of nitro benzene ring substituents is 1. The number of hydrogen-bond acceptors (Lipinski definition) is 4. The van der Waals surface area contributed by atoms with Gasteiger partial charge in [-0.25, -0.2) is 4.79 Å². The molecule has 0 aliphatic carbocycles. The third kappa shape index (κ3) is 3.38. The number of benzene rings is 2. The summed E-state index contributed by atoms with van der Waals surface area (Å²) in [6.45, 7) is 1.84. The van der Waals surface area contributed by atoms with E-state index in [1.54, 1.807) is 6.07 Å². The van der Waals surface area contributed by atoms with Crippen molar-refractivity contribution in [3.63, 3.8) is 0 Å². The van der Waals surface area contributed by atoms with Crippen LogP contribution in [0.2, 0.25) is 0 Å². The number of ether oxygens (including phenoxy) is 1. The number of nitrogens with zero attached hydrogens (tertiary/aromatic N) is 1. The van der Waals surface area contributed by atoms with E-state index in [1.807, 2.05) is 19.1 Å². The number of aromatic carboxylic acids is 1. The second kappa shape index (κ2) is 5.92. The summed E-state index contributed by atoms with van der Waals surface area (Å²) in [6, 6.07) is 9.05. The van der Waals surface area contributed by atoms with E-state index in [2.05, 4.69) is 15.9 Å². The van der Waals surface area contributed by atoms with Crippen LogP contribution in [-0.2, 0) is 0 Å². The average Bonchev–Trinajstić information content (AvgIpc) is 2.42. The molecule has 0 aromatic heterocycles. The SMILES string of the molecule is Cc1ccc(Br)cc1Oc1ccc(C(=O)O)c([N+](=O)[O-])c1. The molecule has 0 amide bonds. The van der Waals surface area contributed by atoms with Gasteiger partial charge in [0, 0.05) is 4.47 Å². The zero-order valence-electron chi connectivity index (χ0n) is 10.9. The Bertz CT molecular complexity index is 729. The van der Waals surface area contributed by atoms with E-state index in [0.717, 1.165) is 22.2 Å². The molecular weight excluding hydrogens is 342 g/mol. The molecule has 0 unspecified atom stereocenters. The number of carbonyl (C=O) groups is 1. The smallest absolute Gasteiger partial charge is 0.342 e. The molecule has 0 atom stereocenters. The summed E-state index contributed by atoms with van der Waals surface area (Å²) in [7, 11) is 0. The highest BCUT2D eigenvalue weighted by Crippen LogP contribution is 2.31. The summed E-state index contributed by atoms with van der Waals surface area (Å²) in [6.07, 6.45) is 0. The van der Waals surface area contributed by atoms with Gasteiger partial charge in [0.25, 0.3) is 5.69 Å². The lowest BCUT2D eigenvalue weighted by molar-refractivity contribution is -0.385. The normalized spacial score (nSPS) is 10.2. The van der Waals surface area contributed by atoms with Crippen molar-refractivity contribution in [1.29, 1.82) is 0 Å². The molecule has 2 rings (SSSR count). The maximum absolute atomic E-state index is 10.9. The Kier molecular flexibility index (Phi) is 4.23. The lowest BCUT2D eigenvalue weighted by atomic mass is 10.1. The Labute approximate surface area is 128 Å². The summed E-state index contributed by atoms with van der Waals surface area (Å²) in [5.41, 5.74) is -0.0332. The Morgan fingerprint density at radius 1 is 1.29 bits per heavy atom. The van der Waals surface area contributed by atoms with Crippen molar-refractivity contribution in [2.75, 3.05) is 0 Å². The fourth-order valence-electron chi connectivity index (χ4n) is 1.72.